The summed E-state index contributed by atoms with van der Waals surface area (Å²) in [6, 6.07) is 14.3. The van der Waals surface area contributed by atoms with E-state index in [1.54, 1.807) is 7.11 Å². The van der Waals surface area contributed by atoms with E-state index >= 15 is 0 Å². The zero-order valence-electron chi connectivity index (χ0n) is 15.8. The van der Waals surface area contributed by atoms with E-state index in [9.17, 15) is 0 Å². The first kappa shape index (κ1) is 17.5. The van der Waals surface area contributed by atoms with Gasteiger partial charge in [-0.05, 0) is 38.2 Å². The zero-order valence-corrected chi connectivity index (χ0v) is 15.8. The summed E-state index contributed by atoms with van der Waals surface area (Å²) in [6.45, 7) is 4.55. The maximum absolute atomic E-state index is 5.41. The summed E-state index contributed by atoms with van der Waals surface area (Å²) in [5.74, 6) is 2.54. The van der Waals surface area contributed by atoms with Crippen molar-refractivity contribution in [1.82, 2.24) is 20.3 Å². The van der Waals surface area contributed by atoms with Crippen molar-refractivity contribution in [3.8, 4) is 17.0 Å². The van der Waals surface area contributed by atoms with E-state index < -0.39 is 0 Å². The van der Waals surface area contributed by atoms with Gasteiger partial charge in [0.25, 0.3) is 0 Å². The fourth-order valence-electron chi connectivity index (χ4n) is 3.29. The van der Waals surface area contributed by atoms with Crippen LogP contribution >= 0.6 is 0 Å². The number of anilines is 1. The maximum Gasteiger partial charge on any atom is 0.151 e. The molecule has 3 aromatic rings. The number of benzene rings is 1. The van der Waals surface area contributed by atoms with Gasteiger partial charge in [-0.2, -0.15) is 0 Å². The molecule has 4 rings (SSSR count). The van der Waals surface area contributed by atoms with E-state index in [4.69, 9.17) is 9.26 Å². The van der Waals surface area contributed by atoms with Gasteiger partial charge in [-0.3, -0.25) is 4.90 Å². The van der Waals surface area contributed by atoms with Crippen LogP contribution in [0.25, 0.3) is 11.3 Å². The molecule has 3 heterocycles. The Labute approximate surface area is 158 Å². The zero-order chi connectivity index (χ0) is 18.8. The minimum atomic E-state index is 0.470. The Kier molecular flexibility index (Phi) is 4.77. The summed E-state index contributed by atoms with van der Waals surface area (Å²) in [7, 11) is 3.78. The highest BCUT2D eigenvalue weighted by atomic mass is 16.5. The van der Waals surface area contributed by atoms with E-state index in [0.29, 0.717) is 6.04 Å². The van der Waals surface area contributed by atoms with Gasteiger partial charge in [0, 0.05) is 37.3 Å². The molecule has 0 atom stereocenters. The third-order valence-electron chi connectivity index (χ3n) is 4.93. The Bertz CT molecular complexity index is 903. The lowest BCUT2D eigenvalue weighted by Crippen LogP contribution is -2.58. The number of aryl methyl sites for hydroxylation is 1. The molecule has 7 heteroatoms. The summed E-state index contributed by atoms with van der Waals surface area (Å²) in [5.41, 5.74) is 2.73. The van der Waals surface area contributed by atoms with Gasteiger partial charge in [0.2, 0.25) is 0 Å². The quantitative estimate of drug-likeness (QED) is 0.665. The second kappa shape index (κ2) is 7.36. The molecular formula is C20H23N5O2. The normalized spacial score (nSPS) is 14.4. The summed E-state index contributed by atoms with van der Waals surface area (Å²) in [4.78, 5) is 4.53. The van der Waals surface area contributed by atoms with Gasteiger partial charge in [0.05, 0.1) is 18.5 Å². The number of aromatic nitrogens is 3. The summed E-state index contributed by atoms with van der Waals surface area (Å²) in [6.07, 6.45) is 0. The Hall–Kier alpha value is -2.93. The van der Waals surface area contributed by atoms with Crippen LogP contribution in [0, 0.1) is 6.92 Å². The first-order valence-electron chi connectivity index (χ1n) is 8.98. The number of rotatable bonds is 6. The maximum atomic E-state index is 5.41. The van der Waals surface area contributed by atoms with E-state index in [2.05, 4.69) is 32.2 Å². The van der Waals surface area contributed by atoms with Gasteiger partial charge in [-0.15, -0.1) is 10.2 Å². The van der Waals surface area contributed by atoms with Crippen LogP contribution in [0.4, 0.5) is 5.82 Å². The van der Waals surface area contributed by atoms with Crippen molar-refractivity contribution in [1.29, 1.82) is 0 Å². The highest BCUT2D eigenvalue weighted by Gasteiger charge is 2.31. The molecule has 1 aliphatic heterocycles. The molecule has 0 amide bonds. The van der Waals surface area contributed by atoms with Crippen molar-refractivity contribution >= 4 is 5.82 Å². The minimum Gasteiger partial charge on any atom is -0.496 e. The SMILES string of the molecule is COc1ccccc1-c1ccc(N2CC(N(C)Cc3cc(C)on3)C2)nn1. The van der Waals surface area contributed by atoms with Crippen molar-refractivity contribution in [2.75, 3.05) is 32.1 Å². The Morgan fingerprint density at radius 1 is 1.19 bits per heavy atom. The molecule has 0 saturated carbocycles. The lowest BCUT2D eigenvalue weighted by molar-refractivity contribution is 0.191. The van der Waals surface area contributed by atoms with Gasteiger partial charge < -0.3 is 14.2 Å². The van der Waals surface area contributed by atoms with E-state index in [1.807, 2.05) is 49.4 Å². The molecule has 2 aromatic heterocycles. The second-order valence-electron chi connectivity index (χ2n) is 6.88. The third-order valence-corrected chi connectivity index (χ3v) is 4.93. The minimum absolute atomic E-state index is 0.470. The molecule has 0 radical (unpaired) electrons. The number of likely N-dealkylation sites (N-methyl/N-ethyl adjacent to an activating group) is 1. The molecule has 1 saturated heterocycles. The van der Waals surface area contributed by atoms with Crippen molar-refractivity contribution in [3.05, 3.63) is 53.9 Å². The van der Waals surface area contributed by atoms with Crippen LogP contribution in [-0.4, -0.2) is 53.5 Å². The monoisotopic (exact) mass is 365 g/mol. The molecule has 1 fully saturated rings. The average molecular weight is 365 g/mol. The molecule has 0 unspecified atom stereocenters. The summed E-state index contributed by atoms with van der Waals surface area (Å²) < 4.78 is 10.5. The molecule has 27 heavy (non-hydrogen) atoms. The smallest absolute Gasteiger partial charge is 0.151 e. The van der Waals surface area contributed by atoms with E-state index in [-0.39, 0.29) is 0 Å². The number of para-hydroxylation sites is 1. The lowest BCUT2D eigenvalue weighted by Gasteiger charge is -2.44. The molecule has 140 valence electrons. The predicted octanol–water partition coefficient (Wildman–Crippen LogP) is 2.77. The highest BCUT2D eigenvalue weighted by Crippen LogP contribution is 2.29. The summed E-state index contributed by atoms with van der Waals surface area (Å²) >= 11 is 0. The van der Waals surface area contributed by atoms with Crippen LogP contribution in [0.3, 0.4) is 0 Å². The van der Waals surface area contributed by atoms with E-state index in [0.717, 1.165) is 53.9 Å². The van der Waals surface area contributed by atoms with Gasteiger partial charge in [-0.25, -0.2) is 0 Å². The number of ether oxygens (including phenoxy) is 1. The van der Waals surface area contributed by atoms with Gasteiger partial charge in [0.15, 0.2) is 5.82 Å². The van der Waals surface area contributed by atoms with Crippen molar-refractivity contribution in [2.45, 2.75) is 19.5 Å². The first-order chi connectivity index (χ1) is 13.1. The fraction of sp³-hybridized carbons (Fsp3) is 0.350. The Balaban J connectivity index is 1.37. The van der Waals surface area contributed by atoms with Crippen molar-refractivity contribution in [2.24, 2.45) is 0 Å². The van der Waals surface area contributed by atoms with Crippen LogP contribution in [0.15, 0.2) is 47.0 Å². The number of methoxy groups -OCH3 is 1. The van der Waals surface area contributed by atoms with Crippen molar-refractivity contribution in [3.63, 3.8) is 0 Å². The number of hydrogen-bond acceptors (Lipinski definition) is 7. The Morgan fingerprint density at radius 2 is 2.00 bits per heavy atom. The molecule has 0 aliphatic carbocycles. The van der Waals surface area contributed by atoms with Gasteiger partial charge >= 0.3 is 0 Å². The topological polar surface area (TPSA) is 67.5 Å². The highest BCUT2D eigenvalue weighted by molar-refractivity contribution is 5.67. The largest absolute Gasteiger partial charge is 0.496 e. The molecule has 0 N–H and O–H groups in total. The average Bonchev–Trinajstić information content (AvgIpc) is 3.05. The van der Waals surface area contributed by atoms with Crippen LogP contribution in [-0.2, 0) is 6.54 Å². The second-order valence-corrected chi connectivity index (χ2v) is 6.88. The van der Waals surface area contributed by atoms with Crippen LogP contribution < -0.4 is 9.64 Å². The molecular weight excluding hydrogens is 342 g/mol. The van der Waals surface area contributed by atoms with Crippen LogP contribution in [0.2, 0.25) is 0 Å². The number of nitrogens with zero attached hydrogens (tertiary/aromatic N) is 5. The van der Waals surface area contributed by atoms with Crippen LogP contribution in [0.5, 0.6) is 5.75 Å². The molecule has 1 aliphatic rings. The molecule has 0 bridgehead atoms. The number of hydrogen-bond donors (Lipinski definition) is 0. The summed E-state index contributed by atoms with van der Waals surface area (Å²) in [5, 5.41) is 12.9. The van der Waals surface area contributed by atoms with E-state index in [1.165, 1.54) is 0 Å². The standard InChI is InChI=1S/C20H23N5O2/c1-14-10-15(23-27-14)11-24(2)16-12-25(13-16)20-9-8-18(21-22-20)17-6-4-5-7-19(17)26-3/h4-10,16H,11-13H2,1-3H3. The van der Waals surface area contributed by atoms with Gasteiger partial charge in [0.1, 0.15) is 11.5 Å². The first-order valence-corrected chi connectivity index (χ1v) is 8.98. The molecule has 1 aromatic carbocycles. The Morgan fingerprint density at radius 3 is 2.67 bits per heavy atom. The third kappa shape index (κ3) is 3.64. The predicted molar refractivity (Wildman–Crippen MR) is 103 cm³/mol. The lowest BCUT2D eigenvalue weighted by atomic mass is 10.1. The molecule has 0 spiro atoms. The van der Waals surface area contributed by atoms with Crippen molar-refractivity contribution < 1.29 is 9.26 Å². The fourth-order valence-corrected chi connectivity index (χ4v) is 3.29. The van der Waals surface area contributed by atoms with Gasteiger partial charge in [-0.1, -0.05) is 17.3 Å². The molecule has 7 nitrogen and oxygen atoms in total. The van der Waals surface area contributed by atoms with Crippen LogP contribution in [0.1, 0.15) is 11.5 Å².